The lowest BCUT2D eigenvalue weighted by molar-refractivity contribution is -0.133. The first-order chi connectivity index (χ1) is 13.5. The molecule has 1 N–H and O–H groups in total. The number of benzene rings is 2. The molecule has 4 heteroatoms. The topological polar surface area (TPSA) is 49.4 Å². The molecular formula is C24H30N2O2. The molecule has 28 heavy (non-hydrogen) atoms. The Balaban J connectivity index is 1.55. The monoisotopic (exact) mass is 378 g/mol. The van der Waals surface area contributed by atoms with Gasteiger partial charge in [0.2, 0.25) is 11.8 Å². The van der Waals surface area contributed by atoms with Crippen LogP contribution in [-0.2, 0) is 22.4 Å². The van der Waals surface area contributed by atoms with Gasteiger partial charge in [-0.3, -0.25) is 9.59 Å². The summed E-state index contributed by atoms with van der Waals surface area (Å²) < 4.78 is 0. The quantitative estimate of drug-likeness (QED) is 0.844. The van der Waals surface area contributed by atoms with E-state index in [9.17, 15) is 9.59 Å². The molecule has 1 aliphatic heterocycles. The summed E-state index contributed by atoms with van der Waals surface area (Å²) in [7, 11) is 0. The van der Waals surface area contributed by atoms with E-state index in [0.717, 1.165) is 36.1 Å². The van der Waals surface area contributed by atoms with Crippen LogP contribution in [-0.4, -0.2) is 29.8 Å². The van der Waals surface area contributed by atoms with Crippen LogP contribution in [0, 0.1) is 19.8 Å². The minimum Gasteiger partial charge on any atom is -0.342 e. The molecule has 2 amide bonds. The van der Waals surface area contributed by atoms with E-state index >= 15 is 0 Å². The number of aryl methyl sites for hydroxylation is 3. The minimum absolute atomic E-state index is 0.0349. The largest absolute Gasteiger partial charge is 0.342 e. The number of hydrogen-bond acceptors (Lipinski definition) is 2. The van der Waals surface area contributed by atoms with E-state index in [1.54, 1.807) is 0 Å². The molecular weight excluding hydrogens is 348 g/mol. The lowest BCUT2D eigenvalue weighted by Gasteiger charge is -2.31. The number of anilines is 1. The number of rotatable bonds is 5. The number of carbonyl (C=O) groups excluding carboxylic acids is 2. The van der Waals surface area contributed by atoms with Gasteiger partial charge in [0.25, 0.3) is 0 Å². The highest BCUT2D eigenvalue weighted by molar-refractivity contribution is 5.94. The Kier molecular flexibility index (Phi) is 6.50. The van der Waals surface area contributed by atoms with Crippen LogP contribution in [0.25, 0.3) is 0 Å². The number of piperidine rings is 1. The third-order valence-corrected chi connectivity index (χ3v) is 5.64. The van der Waals surface area contributed by atoms with Crippen molar-refractivity contribution in [2.75, 3.05) is 18.4 Å². The summed E-state index contributed by atoms with van der Waals surface area (Å²) in [4.78, 5) is 27.3. The fraction of sp³-hybridized carbons (Fsp3) is 0.417. The Morgan fingerprint density at radius 3 is 2.46 bits per heavy atom. The Labute approximate surface area is 167 Å². The summed E-state index contributed by atoms with van der Waals surface area (Å²) in [6, 6.07) is 14.2. The number of nitrogens with zero attached hydrogens (tertiary/aromatic N) is 1. The summed E-state index contributed by atoms with van der Waals surface area (Å²) in [5, 5.41) is 3.15. The van der Waals surface area contributed by atoms with Gasteiger partial charge in [0.1, 0.15) is 0 Å². The van der Waals surface area contributed by atoms with E-state index in [4.69, 9.17) is 0 Å². The van der Waals surface area contributed by atoms with Crippen molar-refractivity contribution < 1.29 is 9.59 Å². The number of nitrogens with one attached hydrogen (secondary N) is 1. The number of para-hydroxylation sites is 1. The predicted octanol–water partition coefficient (Wildman–Crippen LogP) is 4.29. The van der Waals surface area contributed by atoms with Crippen molar-refractivity contribution in [2.45, 2.75) is 46.5 Å². The molecule has 0 aromatic heterocycles. The molecule has 0 atom stereocenters. The van der Waals surface area contributed by atoms with Crippen molar-refractivity contribution in [3.63, 3.8) is 0 Å². The zero-order valence-electron chi connectivity index (χ0n) is 17.1. The maximum Gasteiger partial charge on any atom is 0.227 e. The molecule has 1 fully saturated rings. The third kappa shape index (κ3) is 4.80. The molecule has 1 saturated heterocycles. The first-order valence-corrected chi connectivity index (χ1v) is 10.2. The zero-order chi connectivity index (χ0) is 20.1. The fourth-order valence-corrected chi connectivity index (χ4v) is 3.93. The normalized spacial score (nSPS) is 14.8. The predicted molar refractivity (Wildman–Crippen MR) is 113 cm³/mol. The maximum absolute atomic E-state index is 12.8. The molecule has 148 valence electrons. The van der Waals surface area contributed by atoms with Crippen LogP contribution in [0.3, 0.4) is 0 Å². The Morgan fingerprint density at radius 1 is 1.07 bits per heavy atom. The van der Waals surface area contributed by atoms with Crippen molar-refractivity contribution in [3.8, 4) is 0 Å². The van der Waals surface area contributed by atoms with Crippen molar-refractivity contribution >= 4 is 17.5 Å². The van der Waals surface area contributed by atoms with Crippen LogP contribution in [0.2, 0.25) is 0 Å². The van der Waals surface area contributed by atoms with Gasteiger partial charge in [0.15, 0.2) is 0 Å². The molecule has 0 spiro atoms. The number of amides is 2. The summed E-state index contributed by atoms with van der Waals surface area (Å²) >= 11 is 0. The van der Waals surface area contributed by atoms with Crippen molar-refractivity contribution in [1.29, 1.82) is 0 Å². The first kappa shape index (κ1) is 20.1. The van der Waals surface area contributed by atoms with Gasteiger partial charge in [-0.05, 0) is 49.8 Å². The summed E-state index contributed by atoms with van der Waals surface area (Å²) in [5.74, 6) is 0.193. The summed E-state index contributed by atoms with van der Waals surface area (Å²) in [6.45, 7) is 7.47. The SMILES string of the molecule is CCc1cccc(C)c1NC(=O)C1CCN(C(=O)Cc2cccc(C)c2)CC1. The van der Waals surface area contributed by atoms with Crippen LogP contribution in [0.4, 0.5) is 5.69 Å². The Bertz CT molecular complexity index is 851. The van der Waals surface area contributed by atoms with Crippen molar-refractivity contribution in [1.82, 2.24) is 4.90 Å². The van der Waals surface area contributed by atoms with Crippen LogP contribution in [0.15, 0.2) is 42.5 Å². The molecule has 1 heterocycles. The molecule has 0 bridgehead atoms. The van der Waals surface area contributed by atoms with Crippen LogP contribution in [0.1, 0.15) is 42.0 Å². The Hall–Kier alpha value is -2.62. The third-order valence-electron chi connectivity index (χ3n) is 5.64. The molecule has 1 aliphatic rings. The Morgan fingerprint density at radius 2 is 1.79 bits per heavy atom. The smallest absolute Gasteiger partial charge is 0.227 e. The molecule has 0 aliphatic carbocycles. The standard InChI is InChI=1S/C24H30N2O2/c1-4-20-10-6-8-18(3)23(20)25-24(28)21-11-13-26(14-12-21)22(27)16-19-9-5-7-17(2)15-19/h5-10,15,21H,4,11-14,16H2,1-3H3,(H,25,28). The van der Waals surface area contributed by atoms with Crippen LogP contribution < -0.4 is 5.32 Å². The van der Waals surface area contributed by atoms with E-state index in [0.29, 0.717) is 19.5 Å². The highest BCUT2D eigenvalue weighted by Crippen LogP contribution is 2.25. The second-order valence-corrected chi connectivity index (χ2v) is 7.77. The van der Waals surface area contributed by atoms with E-state index in [1.165, 1.54) is 11.1 Å². The van der Waals surface area contributed by atoms with Gasteiger partial charge in [-0.25, -0.2) is 0 Å². The lowest BCUT2D eigenvalue weighted by atomic mass is 9.94. The fourth-order valence-electron chi connectivity index (χ4n) is 3.93. The van der Waals surface area contributed by atoms with Gasteiger partial charge in [-0.15, -0.1) is 0 Å². The molecule has 0 unspecified atom stereocenters. The van der Waals surface area contributed by atoms with E-state index < -0.39 is 0 Å². The second kappa shape index (κ2) is 9.05. The number of likely N-dealkylation sites (tertiary alicyclic amines) is 1. The number of hydrogen-bond donors (Lipinski definition) is 1. The van der Waals surface area contributed by atoms with Crippen molar-refractivity contribution in [2.24, 2.45) is 5.92 Å². The van der Waals surface area contributed by atoms with Crippen LogP contribution >= 0.6 is 0 Å². The van der Waals surface area contributed by atoms with E-state index in [-0.39, 0.29) is 17.7 Å². The second-order valence-electron chi connectivity index (χ2n) is 7.77. The molecule has 4 nitrogen and oxygen atoms in total. The van der Waals surface area contributed by atoms with Gasteiger partial charge in [0.05, 0.1) is 6.42 Å². The van der Waals surface area contributed by atoms with Gasteiger partial charge in [-0.2, -0.15) is 0 Å². The minimum atomic E-state index is -0.0349. The molecule has 2 aromatic rings. The average Bonchev–Trinajstić information content (AvgIpc) is 2.69. The average molecular weight is 379 g/mol. The van der Waals surface area contributed by atoms with Gasteiger partial charge in [-0.1, -0.05) is 55.0 Å². The van der Waals surface area contributed by atoms with E-state index in [1.807, 2.05) is 49.1 Å². The number of carbonyl (C=O) groups is 2. The van der Waals surface area contributed by atoms with E-state index in [2.05, 4.69) is 24.4 Å². The van der Waals surface area contributed by atoms with Gasteiger partial charge >= 0.3 is 0 Å². The first-order valence-electron chi connectivity index (χ1n) is 10.2. The molecule has 2 aromatic carbocycles. The summed E-state index contributed by atoms with van der Waals surface area (Å²) in [5.41, 5.74) is 5.44. The van der Waals surface area contributed by atoms with Crippen molar-refractivity contribution in [3.05, 3.63) is 64.7 Å². The lowest BCUT2D eigenvalue weighted by Crippen LogP contribution is -2.42. The molecule has 3 rings (SSSR count). The highest BCUT2D eigenvalue weighted by atomic mass is 16.2. The molecule has 0 radical (unpaired) electrons. The summed E-state index contributed by atoms with van der Waals surface area (Å²) in [6.07, 6.45) is 2.77. The highest BCUT2D eigenvalue weighted by Gasteiger charge is 2.27. The maximum atomic E-state index is 12.8. The zero-order valence-corrected chi connectivity index (χ0v) is 17.1. The van der Waals surface area contributed by atoms with Crippen LogP contribution in [0.5, 0.6) is 0 Å². The molecule has 0 saturated carbocycles. The van der Waals surface area contributed by atoms with Gasteiger partial charge < -0.3 is 10.2 Å². The van der Waals surface area contributed by atoms with Gasteiger partial charge in [0, 0.05) is 24.7 Å².